The van der Waals surface area contributed by atoms with Crippen molar-refractivity contribution in [3.8, 4) is 0 Å². The summed E-state index contributed by atoms with van der Waals surface area (Å²) >= 11 is 0. The van der Waals surface area contributed by atoms with E-state index in [0.29, 0.717) is 26.2 Å². The lowest BCUT2D eigenvalue weighted by Gasteiger charge is -2.28. The quantitative estimate of drug-likeness (QED) is 0.739. The summed E-state index contributed by atoms with van der Waals surface area (Å²) in [7, 11) is -3.37. The second kappa shape index (κ2) is 8.70. The molecule has 21 heavy (non-hydrogen) atoms. The highest BCUT2D eigenvalue weighted by molar-refractivity contribution is 7.87. The largest absolute Gasteiger partial charge is 0.315 e. The number of fused-ring (bicyclic) bond motifs is 1. The van der Waals surface area contributed by atoms with E-state index in [4.69, 9.17) is 0 Å². The van der Waals surface area contributed by atoms with Crippen LogP contribution in [-0.4, -0.2) is 38.9 Å². The van der Waals surface area contributed by atoms with Crippen LogP contribution in [0.5, 0.6) is 0 Å². The van der Waals surface area contributed by atoms with Crippen molar-refractivity contribution in [2.45, 2.75) is 26.3 Å². The van der Waals surface area contributed by atoms with Crippen molar-refractivity contribution in [2.24, 2.45) is 0 Å². The van der Waals surface area contributed by atoms with Crippen molar-refractivity contribution < 1.29 is 8.42 Å². The first-order valence-corrected chi connectivity index (χ1v) is 8.59. The van der Waals surface area contributed by atoms with Gasteiger partial charge in [-0.2, -0.15) is 12.7 Å². The average molecular weight is 334 g/mol. The fraction of sp³-hybridized carbons (Fsp3) is 0.571. The highest BCUT2D eigenvalue weighted by Crippen LogP contribution is 2.19. The van der Waals surface area contributed by atoms with Crippen LogP contribution < -0.4 is 10.0 Å². The third-order valence-corrected chi connectivity index (χ3v) is 5.01. The van der Waals surface area contributed by atoms with Gasteiger partial charge in [0, 0.05) is 26.2 Å². The van der Waals surface area contributed by atoms with Gasteiger partial charge in [-0.05, 0) is 30.5 Å². The Bertz CT molecular complexity index is 537. The molecule has 0 spiro atoms. The number of hydrogen-bond acceptors (Lipinski definition) is 3. The lowest BCUT2D eigenvalue weighted by atomic mass is 10.0. The van der Waals surface area contributed by atoms with Crippen molar-refractivity contribution in [1.82, 2.24) is 14.3 Å². The summed E-state index contributed by atoms with van der Waals surface area (Å²) in [6, 6.07) is 8.03. The molecule has 0 amide bonds. The molecule has 1 aliphatic heterocycles. The molecule has 0 aliphatic carbocycles. The molecule has 0 atom stereocenters. The van der Waals surface area contributed by atoms with E-state index in [9.17, 15) is 8.42 Å². The van der Waals surface area contributed by atoms with E-state index in [2.05, 4.69) is 23.0 Å². The minimum absolute atomic E-state index is 0. The van der Waals surface area contributed by atoms with Gasteiger partial charge in [0.15, 0.2) is 0 Å². The maximum absolute atomic E-state index is 12.2. The molecule has 2 N–H and O–H groups in total. The Hall–Kier alpha value is -0.660. The number of nitrogens with one attached hydrogen (secondary N) is 2. The Morgan fingerprint density at radius 1 is 1.14 bits per heavy atom. The predicted octanol–water partition coefficient (Wildman–Crippen LogP) is 1.30. The normalized spacial score (nSPS) is 15.3. The number of nitrogens with zero attached hydrogens (tertiary/aromatic N) is 1. The molecule has 0 saturated carbocycles. The van der Waals surface area contributed by atoms with E-state index in [1.54, 1.807) is 0 Å². The van der Waals surface area contributed by atoms with Gasteiger partial charge in [0.2, 0.25) is 0 Å². The fourth-order valence-electron chi connectivity index (χ4n) is 2.34. The van der Waals surface area contributed by atoms with Crippen LogP contribution in [0, 0.1) is 0 Å². The third-order valence-electron chi connectivity index (χ3n) is 3.45. The first-order chi connectivity index (χ1) is 9.63. The topological polar surface area (TPSA) is 61.4 Å². The van der Waals surface area contributed by atoms with Crippen molar-refractivity contribution in [1.29, 1.82) is 0 Å². The summed E-state index contributed by atoms with van der Waals surface area (Å²) in [5.74, 6) is 0. The summed E-state index contributed by atoms with van der Waals surface area (Å²) < 4.78 is 28.6. The van der Waals surface area contributed by atoms with Crippen LogP contribution in [0.4, 0.5) is 0 Å². The fourth-order valence-corrected chi connectivity index (χ4v) is 3.52. The Labute approximate surface area is 133 Å². The van der Waals surface area contributed by atoms with Crippen LogP contribution in [0.3, 0.4) is 0 Å². The third kappa shape index (κ3) is 5.23. The monoisotopic (exact) mass is 333 g/mol. The highest BCUT2D eigenvalue weighted by atomic mass is 35.5. The summed E-state index contributed by atoms with van der Waals surface area (Å²) in [4.78, 5) is 0. The predicted molar refractivity (Wildman–Crippen MR) is 87.9 cm³/mol. The molecule has 1 aromatic carbocycles. The number of rotatable bonds is 7. The van der Waals surface area contributed by atoms with Gasteiger partial charge in [0.1, 0.15) is 0 Å². The van der Waals surface area contributed by atoms with Gasteiger partial charge in [-0.3, -0.25) is 0 Å². The minimum atomic E-state index is -3.37. The molecular weight excluding hydrogens is 310 g/mol. The van der Waals surface area contributed by atoms with E-state index in [1.165, 1.54) is 9.87 Å². The standard InChI is InChI=1S/C14H23N3O2S.ClH/c1-2-8-15-9-10-16-20(18,19)17-11-7-13-5-3-4-6-14(13)12-17;/h3-6,15-16H,2,7-12H2,1H3;1H. The molecule has 120 valence electrons. The molecule has 7 heteroatoms. The summed E-state index contributed by atoms with van der Waals surface area (Å²) in [5.41, 5.74) is 2.36. The molecule has 5 nitrogen and oxygen atoms in total. The van der Waals surface area contributed by atoms with E-state index in [0.717, 1.165) is 24.9 Å². The Morgan fingerprint density at radius 2 is 1.86 bits per heavy atom. The van der Waals surface area contributed by atoms with Crippen LogP contribution in [-0.2, 0) is 23.2 Å². The van der Waals surface area contributed by atoms with Gasteiger partial charge in [-0.25, -0.2) is 4.72 Å². The zero-order valence-corrected chi connectivity index (χ0v) is 14.0. The van der Waals surface area contributed by atoms with Crippen LogP contribution >= 0.6 is 12.4 Å². The second-order valence-electron chi connectivity index (χ2n) is 5.00. The molecule has 0 unspecified atom stereocenters. The van der Waals surface area contributed by atoms with E-state index in [1.807, 2.05) is 18.2 Å². The molecule has 0 bridgehead atoms. The molecule has 0 radical (unpaired) electrons. The Morgan fingerprint density at radius 3 is 2.57 bits per heavy atom. The molecule has 1 aromatic rings. The Kier molecular flexibility index (Phi) is 7.62. The number of hydrogen-bond donors (Lipinski definition) is 2. The molecule has 2 rings (SSSR count). The smallest absolute Gasteiger partial charge is 0.279 e. The van der Waals surface area contributed by atoms with Crippen molar-refractivity contribution in [3.05, 3.63) is 35.4 Å². The minimum Gasteiger partial charge on any atom is -0.315 e. The molecule has 1 aliphatic rings. The van der Waals surface area contributed by atoms with Crippen molar-refractivity contribution in [2.75, 3.05) is 26.2 Å². The van der Waals surface area contributed by atoms with Crippen LogP contribution in [0.15, 0.2) is 24.3 Å². The SMILES string of the molecule is CCCNCCNS(=O)(=O)N1CCc2ccccc2C1.Cl. The second-order valence-corrected chi connectivity index (χ2v) is 6.76. The van der Waals surface area contributed by atoms with Gasteiger partial charge in [-0.15, -0.1) is 12.4 Å². The summed E-state index contributed by atoms with van der Waals surface area (Å²) in [6.07, 6.45) is 1.83. The number of halogens is 1. The van der Waals surface area contributed by atoms with E-state index < -0.39 is 10.2 Å². The van der Waals surface area contributed by atoms with Crippen molar-refractivity contribution >= 4 is 22.6 Å². The zero-order valence-electron chi connectivity index (χ0n) is 12.3. The zero-order chi connectivity index (χ0) is 14.4. The maximum Gasteiger partial charge on any atom is 0.279 e. The van der Waals surface area contributed by atoms with Gasteiger partial charge < -0.3 is 5.32 Å². The van der Waals surface area contributed by atoms with Crippen LogP contribution in [0.1, 0.15) is 24.5 Å². The van der Waals surface area contributed by atoms with Gasteiger partial charge >= 0.3 is 0 Å². The molecular formula is C14H24ClN3O2S. The van der Waals surface area contributed by atoms with E-state index >= 15 is 0 Å². The maximum atomic E-state index is 12.2. The van der Waals surface area contributed by atoms with Crippen molar-refractivity contribution in [3.63, 3.8) is 0 Å². The molecule has 1 heterocycles. The summed E-state index contributed by atoms with van der Waals surface area (Å²) in [6.45, 7) is 5.11. The van der Waals surface area contributed by atoms with Gasteiger partial charge in [0.05, 0.1) is 0 Å². The Balaban J connectivity index is 0.00000220. The van der Waals surface area contributed by atoms with Crippen LogP contribution in [0.2, 0.25) is 0 Å². The van der Waals surface area contributed by atoms with Crippen LogP contribution in [0.25, 0.3) is 0 Å². The molecule has 0 fully saturated rings. The number of benzene rings is 1. The first-order valence-electron chi connectivity index (χ1n) is 7.15. The first kappa shape index (κ1) is 18.4. The van der Waals surface area contributed by atoms with Gasteiger partial charge in [-0.1, -0.05) is 31.2 Å². The lowest BCUT2D eigenvalue weighted by molar-refractivity contribution is 0.384. The van der Waals surface area contributed by atoms with Gasteiger partial charge in [0.25, 0.3) is 10.2 Å². The highest BCUT2D eigenvalue weighted by Gasteiger charge is 2.25. The summed E-state index contributed by atoms with van der Waals surface area (Å²) in [5, 5.41) is 3.18. The van der Waals surface area contributed by atoms with E-state index in [-0.39, 0.29) is 12.4 Å². The molecule has 0 aromatic heterocycles. The lowest BCUT2D eigenvalue weighted by Crippen LogP contribution is -2.45. The average Bonchev–Trinajstić information content (AvgIpc) is 2.46. The molecule has 0 saturated heterocycles.